The van der Waals surface area contributed by atoms with E-state index in [1.165, 1.54) is 24.1 Å². The number of Topliss-reactive ketones (excluding diaryl/α,β-unsaturated/α-hetero) is 1. The maximum atomic E-state index is 13.2. The van der Waals surface area contributed by atoms with Gasteiger partial charge in [-0.3, -0.25) is 9.59 Å². The van der Waals surface area contributed by atoms with Crippen LogP contribution < -0.4 is 0 Å². The fourth-order valence-corrected chi connectivity index (χ4v) is 3.09. The van der Waals surface area contributed by atoms with Crippen molar-refractivity contribution in [2.45, 2.75) is 27.3 Å². The molecule has 1 heterocycles. The minimum Gasteiger partial charge on any atom is -0.461 e. The van der Waals surface area contributed by atoms with E-state index in [-0.39, 0.29) is 49.5 Å². The Kier molecular flexibility index (Phi) is 7.67. The van der Waals surface area contributed by atoms with Crippen LogP contribution in [0.25, 0.3) is 0 Å². The molecule has 7 nitrogen and oxygen atoms in total. The summed E-state index contributed by atoms with van der Waals surface area (Å²) < 4.78 is 23.1. The van der Waals surface area contributed by atoms with Crippen LogP contribution in [-0.2, 0) is 20.8 Å². The molecule has 0 spiro atoms. The van der Waals surface area contributed by atoms with Crippen molar-refractivity contribution in [2.75, 3.05) is 26.9 Å². The van der Waals surface area contributed by atoms with Crippen LogP contribution in [0, 0.1) is 19.7 Å². The van der Waals surface area contributed by atoms with Crippen molar-refractivity contribution in [1.82, 2.24) is 9.88 Å². The number of carbonyl (C=O) groups excluding carboxylic acids is 3. The van der Waals surface area contributed by atoms with Crippen LogP contribution in [0.2, 0.25) is 0 Å². The molecule has 2 rings (SSSR count). The quantitative estimate of drug-likeness (QED) is 0.513. The Labute approximate surface area is 168 Å². The number of H-pyrrole nitrogens is 1. The van der Waals surface area contributed by atoms with E-state index in [9.17, 15) is 18.8 Å². The number of nitrogens with one attached hydrogen (secondary N) is 1. The second-order valence-electron chi connectivity index (χ2n) is 6.58. The third-order valence-corrected chi connectivity index (χ3v) is 4.44. The van der Waals surface area contributed by atoms with Gasteiger partial charge in [-0.1, -0.05) is 12.1 Å². The number of rotatable bonds is 9. The molecule has 2 aromatic rings. The number of methoxy groups -OCH3 is 1. The second kappa shape index (κ2) is 9.97. The maximum Gasteiger partial charge on any atom is 0.355 e. The van der Waals surface area contributed by atoms with Crippen molar-refractivity contribution < 1.29 is 28.2 Å². The molecule has 0 atom stereocenters. The van der Waals surface area contributed by atoms with Gasteiger partial charge in [-0.25, -0.2) is 9.18 Å². The van der Waals surface area contributed by atoms with Gasteiger partial charge in [-0.15, -0.1) is 0 Å². The molecule has 8 heteroatoms. The monoisotopic (exact) mass is 404 g/mol. The average molecular weight is 404 g/mol. The number of aromatic nitrogens is 1. The topological polar surface area (TPSA) is 88.7 Å². The van der Waals surface area contributed by atoms with Crippen LogP contribution in [0.4, 0.5) is 4.39 Å². The number of esters is 1. The number of hydrogen-bond donors (Lipinski definition) is 1. The number of aromatic amines is 1. The highest BCUT2D eigenvalue weighted by Gasteiger charge is 2.25. The molecule has 0 aliphatic rings. The molecule has 0 saturated heterocycles. The van der Waals surface area contributed by atoms with Crippen LogP contribution in [0.15, 0.2) is 24.3 Å². The van der Waals surface area contributed by atoms with E-state index < -0.39 is 5.97 Å². The Morgan fingerprint density at radius 1 is 1.14 bits per heavy atom. The summed E-state index contributed by atoms with van der Waals surface area (Å²) in [4.78, 5) is 41.7. The highest BCUT2D eigenvalue weighted by Crippen LogP contribution is 2.20. The molecule has 0 aliphatic heterocycles. The summed E-state index contributed by atoms with van der Waals surface area (Å²) in [6.07, 6.45) is 0. The van der Waals surface area contributed by atoms with Crippen LogP contribution in [0.3, 0.4) is 0 Å². The van der Waals surface area contributed by atoms with Gasteiger partial charge in [0.05, 0.1) is 13.2 Å². The Hall–Kier alpha value is -3.00. The number of hydrogen-bond acceptors (Lipinski definition) is 5. The van der Waals surface area contributed by atoms with Gasteiger partial charge >= 0.3 is 5.97 Å². The molecule has 0 fully saturated rings. The van der Waals surface area contributed by atoms with Crippen molar-refractivity contribution in [3.8, 4) is 0 Å². The Morgan fingerprint density at radius 2 is 1.79 bits per heavy atom. The molecule has 1 aromatic heterocycles. The van der Waals surface area contributed by atoms with Gasteiger partial charge in [0.1, 0.15) is 18.1 Å². The fourth-order valence-electron chi connectivity index (χ4n) is 3.09. The lowest BCUT2D eigenvalue weighted by molar-refractivity contribution is -0.135. The van der Waals surface area contributed by atoms with Gasteiger partial charge in [0.15, 0.2) is 5.78 Å². The summed E-state index contributed by atoms with van der Waals surface area (Å²) in [5, 5.41) is 0. The smallest absolute Gasteiger partial charge is 0.355 e. The molecule has 156 valence electrons. The Balaban J connectivity index is 2.26. The Bertz CT molecular complexity index is 889. The van der Waals surface area contributed by atoms with Crippen molar-refractivity contribution >= 4 is 17.7 Å². The number of ketones is 1. The van der Waals surface area contributed by atoms with Crippen molar-refractivity contribution in [2.24, 2.45) is 0 Å². The highest BCUT2D eigenvalue weighted by molar-refractivity contribution is 6.04. The summed E-state index contributed by atoms with van der Waals surface area (Å²) in [5.74, 6) is -1.62. The minimum atomic E-state index is -0.536. The predicted octanol–water partition coefficient (Wildman–Crippen LogP) is 2.81. The first-order valence-corrected chi connectivity index (χ1v) is 9.19. The zero-order chi connectivity index (χ0) is 21.6. The maximum absolute atomic E-state index is 13.2. The zero-order valence-corrected chi connectivity index (χ0v) is 17.0. The molecular weight excluding hydrogens is 379 g/mol. The second-order valence-corrected chi connectivity index (χ2v) is 6.58. The SMILES string of the molecule is CCOC(=O)c1[nH]c(C)c(C(=O)CN(Cc2ccc(F)cc2)C(=O)COC)c1C. The van der Waals surface area contributed by atoms with Crippen molar-refractivity contribution in [1.29, 1.82) is 0 Å². The number of nitrogens with zero attached hydrogens (tertiary/aromatic N) is 1. The lowest BCUT2D eigenvalue weighted by atomic mass is 10.0. The van der Waals surface area contributed by atoms with Crippen LogP contribution >= 0.6 is 0 Å². The molecule has 1 amide bonds. The average Bonchev–Trinajstić information content (AvgIpc) is 2.97. The standard InChI is InChI=1S/C21H25FN2O5/c1-5-29-21(27)20-13(2)19(14(3)23-20)17(25)11-24(18(26)12-28-4)10-15-6-8-16(22)9-7-15/h6-9,23H,5,10-12H2,1-4H3. The number of benzene rings is 1. The first-order chi connectivity index (χ1) is 13.8. The predicted molar refractivity (Wildman–Crippen MR) is 104 cm³/mol. The number of aryl methyl sites for hydroxylation is 1. The third-order valence-electron chi connectivity index (χ3n) is 4.44. The van der Waals surface area contributed by atoms with Crippen molar-refractivity contribution in [3.63, 3.8) is 0 Å². The summed E-state index contributed by atoms with van der Waals surface area (Å²) in [6, 6.07) is 5.70. The first kappa shape index (κ1) is 22.3. The summed E-state index contributed by atoms with van der Waals surface area (Å²) in [5.41, 5.74) is 2.25. The molecule has 29 heavy (non-hydrogen) atoms. The fraction of sp³-hybridized carbons (Fsp3) is 0.381. The number of carbonyl (C=O) groups is 3. The Morgan fingerprint density at radius 3 is 2.38 bits per heavy atom. The molecular formula is C21H25FN2O5. The van der Waals surface area contributed by atoms with E-state index >= 15 is 0 Å². The summed E-state index contributed by atoms with van der Waals surface area (Å²) in [6.45, 7) is 4.99. The molecule has 0 bridgehead atoms. The van der Waals surface area contributed by atoms with Gasteiger partial charge in [0.2, 0.25) is 5.91 Å². The van der Waals surface area contributed by atoms with Gasteiger partial charge < -0.3 is 19.4 Å². The van der Waals surface area contributed by atoms with E-state index in [0.717, 1.165) is 0 Å². The van der Waals surface area contributed by atoms with E-state index in [2.05, 4.69) is 4.98 Å². The van der Waals surface area contributed by atoms with E-state index in [4.69, 9.17) is 9.47 Å². The van der Waals surface area contributed by atoms with Crippen LogP contribution in [0.5, 0.6) is 0 Å². The lowest BCUT2D eigenvalue weighted by Gasteiger charge is -2.22. The van der Waals surface area contributed by atoms with E-state index in [1.807, 2.05) is 0 Å². The zero-order valence-electron chi connectivity index (χ0n) is 17.0. The molecule has 0 aliphatic carbocycles. The summed E-state index contributed by atoms with van der Waals surface area (Å²) in [7, 11) is 1.39. The molecule has 0 unspecified atom stereocenters. The van der Waals surface area contributed by atoms with Crippen LogP contribution in [-0.4, -0.2) is 54.4 Å². The summed E-state index contributed by atoms with van der Waals surface area (Å²) >= 11 is 0. The number of halogens is 1. The van der Waals surface area contributed by atoms with E-state index in [1.54, 1.807) is 32.9 Å². The van der Waals surface area contributed by atoms with Gasteiger partial charge in [-0.2, -0.15) is 0 Å². The van der Waals surface area contributed by atoms with Gasteiger partial charge in [0.25, 0.3) is 0 Å². The number of amides is 1. The highest BCUT2D eigenvalue weighted by atomic mass is 19.1. The largest absolute Gasteiger partial charge is 0.461 e. The lowest BCUT2D eigenvalue weighted by Crippen LogP contribution is -2.37. The normalized spacial score (nSPS) is 10.7. The molecule has 0 radical (unpaired) electrons. The van der Waals surface area contributed by atoms with Crippen molar-refractivity contribution in [3.05, 3.63) is 58.2 Å². The third kappa shape index (κ3) is 5.51. The van der Waals surface area contributed by atoms with Gasteiger partial charge in [0, 0.05) is 24.9 Å². The molecule has 0 saturated carbocycles. The first-order valence-electron chi connectivity index (χ1n) is 9.19. The van der Waals surface area contributed by atoms with Crippen LogP contribution in [0.1, 0.15) is 44.6 Å². The number of ether oxygens (including phenoxy) is 2. The molecule has 1 N–H and O–H groups in total. The van der Waals surface area contributed by atoms with E-state index in [0.29, 0.717) is 22.4 Å². The minimum absolute atomic E-state index is 0.126. The molecule has 1 aromatic carbocycles. The van der Waals surface area contributed by atoms with Gasteiger partial charge in [-0.05, 0) is 44.0 Å².